The number of carbonyl (C=O) groups excluding carboxylic acids is 1. The molecule has 21 heavy (non-hydrogen) atoms. The molecule has 1 N–H and O–H groups in total. The molecule has 116 valence electrons. The quantitative estimate of drug-likeness (QED) is 0.906. The molecule has 0 saturated carbocycles. The average molecular weight is 289 g/mol. The van der Waals surface area contributed by atoms with Gasteiger partial charge in [0.1, 0.15) is 0 Å². The molecule has 4 heteroatoms. The highest BCUT2D eigenvalue weighted by Gasteiger charge is 2.16. The molecule has 1 fully saturated rings. The lowest BCUT2D eigenvalue weighted by atomic mass is 10.1. The number of nitrogens with one attached hydrogen (secondary N) is 1. The second-order valence-corrected chi connectivity index (χ2v) is 5.85. The normalized spacial score (nSPS) is 18.5. The zero-order valence-electron chi connectivity index (χ0n) is 13.1. The fourth-order valence-electron chi connectivity index (χ4n) is 2.93. The van der Waals surface area contributed by atoms with Crippen LogP contribution in [-0.2, 0) is 4.79 Å². The van der Waals surface area contributed by atoms with E-state index in [0.717, 1.165) is 25.1 Å². The Balaban J connectivity index is 1.84. The second-order valence-electron chi connectivity index (χ2n) is 5.85. The number of amides is 1. The van der Waals surface area contributed by atoms with E-state index in [2.05, 4.69) is 22.1 Å². The van der Waals surface area contributed by atoms with E-state index >= 15 is 0 Å². The monoisotopic (exact) mass is 289 g/mol. The van der Waals surface area contributed by atoms with Gasteiger partial charge < -0.3 is 5.32 Å². The van der Waals surface area contributed by atoms with Crippen LogP contribution in [0.2, 0.25) is 0 Å². The minimum atomic E-state index is 0.0928. The van der Waals surface area contributed by atoms with Gasteiger partial charge in [-0.15, -0.1) is 0 Å². The molecule has 0 aromatic carbocycles. The molecule has 1 aliphatic heterocycles. The average Bonchev–Trinajstić information content (AvgIpc) is 2.48. The van der Waals surface area contributed by atoms with Gasteiger partial charge in [0.25, 0.3) is 0 Å². The van der Waals surface area contributed by atoms with Crippen molar-refractivity contribution in [1.29, 1.82) is 0 Å². The first-order chi connectivity index (χ1) is 10.3. The molecule has 0 bridgehead atoms. The highest BCUT2D eigenvalue weighted by molar-refractivity contribution is 5.78. The van der Waals surface area contributed by atoms with E-state index in [1.54, 1.807) is 12.4 Å². The van der Waals surface area contributed by atoms with E-state index in [1.807, 2.05) is 12.1 Å². The smallest absolute Gasteiger partial charge is 0.234 e. The van der Waals surface area contributed by atoms with Gasteiger partial charge in [0, 0.05) is 12.4 Å². The molecule has 0 aliphatic carbocycles. The first-order valence-electron chi connectivity index (χ1n) is 8.21. The highest BCUT2D eigenvalue weighted by Crippen LogP contribution is 2.15. The molecule has 1 aromatic heterocycles. The van der Waals surface area contributed by atoms with Crippen molar-refractivity contribution in [3.63, 3.8) is 0 Å². The molecule has 1 atom stereocenters. The van der Waals surface area contributed by atoms with Crippen molar-refractivity contribution in [2.75, 3.05) is 19.6 Å². The lowest BCUT2D eigenvalue weighted by Gasteiger charge is -2.25. The Hall–Kier alpha value is -1.42. The van der Waals surface area contributed by atoms with Gasteiger partial charge >= 0.3 is 0 Å². The third kappa shape index (κ3) is 5.46. The lowest BCUT2D eigenvalue weighted by Crippen LogP contribution is -2.40. The molecule has 1 aromatic rings. The minimum Gasteiger partial charge on any atom is -0.348 e. The summed E-state index contributed by atoms with van der Waals surface area (Å²) in [7, 11) is 0. The van der Waals surface area contributed by atoms with Crippen LogP contribution in [0.15, 0.2) is 24.5 Å². The molecule has 0 unspecified atom stereocenters. The summed E-state index contributed by atoms with van der Waals surface area (Å²) >= 11 is 0. The molecule has 4 nitrogen and oxygen atoms in total. The summed E-state index contributed by atoms with van der Waals surface area (Å²) in [6, 6.07) is 4.05. The fourth-order valence-corrected chi connectivity index (χ4v) is 2.93. The van der Waals surface area contributed by atoms with Gasteiger partial charge in [0.05, 0.1) is 12.6 Å². The predicted molar refractivity (Wildman–Crippen MR) is 84.9 cm³/mol. The summed E-state index contributed by atoms with van der Waals surface area (Å²) in [6.07, 6.45) is 10.8. The van der Waals surface area contributed by atoms with E-state index in [1.165, 1.54) is 32.1 Å². The Morgan fingerprint density at radius 2 is 1.81 bits per heavy atom. The summed E-state index contributed by atoms with van der Waals surface area (Å²) in [5, 5.41) is 3.16. The number of likely N-dealkylation sites (tertiary alicyclic amines) is 1. The van der Waals surface area contributed by atoms with Crippen LogP contribution in [0.3, 0.4) is 0 Å². The van der Waals surface area contributed by atoms with E-state index in [4.69, 9.17) is 0 Å². The highest BCUT2D eigenvalue weighted by atomic mass is 16.2. The van der Waals surface area contributed by atoms with E-state index in [-0.39, 0.29) is 11.9 Å². The Morgan fingerprint density at radius 1 is 1.19 bits per heavy atom. The van der Waals surface area contributed by atoms with Crippen LogP contribution < -0.4 is 5.32 Å². The van der Waals surface area contributed by atoms with Gasteiger partial charge in [-0.25, -0.2) is 0 Å². The van der Waals surface area contributed by atoms with Crippen molar-refractivity contribution in [3.8, 4) is 0 Å². The van der Waals surface area contributed by atoms with Crippen LogP contribution in [0.25, 0.3) is 0 Å². The van der Waals surface area contributed by atoms with E-state index in [0.29, 0.717) is 6.54 Å². The molecule has 1 aliphatic rings. The van der Waals surface area contributed by atoms with Crippen molar-refractivity contribution >= 4 is 5.91 Å². The van der Waals surface area contributed by atoms with Crippen molar-refractivity contribution in [2.45, 2.75) is 51.5 Å². The molecular formula is C17H27N3O. The van der Waals surface area contributed by atoms with Gasteiger partial charge in [-0.1, -0.05) is 26.2 Å². The first kappa shape index (κ1) is 16.0. The largest absolute Gasteiger partial charge is 0.348 e. The maximum absolute atomic E-state index is 12.3. The Labute approximate surface area is 127 Å². The van der Waals surface area contributed by atoms with Crippen molar-refractivity contribution < 1.29 is 4.79 Å². The molecule has 2 heterocycles. The summed E-state index contributed by atoms with van der Waals surface area (Å²) in [5.74, 6) is 0.138. The summed E-state index contributed by atoms with van der Waals surface area (Å²) in [5.41, 5.74) is 1.13. The maximum Gasteiger partial charge on any atom is 0.234 e. The number of nitrogens with zero attached hydrogens (tertiary/aromatic N) is 2. The maximum atomic E-state index is 12.3. The van der Waals surface area contributed by atoms with Gasteiger partial charge in [-0.2, -0.15) is 0 Å². The second kappa shape index (κ2) is 8.78. The van der Waals surface area contributed by atoms with E-state index < -0.39 is 0 Å². The van der Waals surface area contributed by atoms with Gasteiger partial charge in [0.2, 0.25) is 5.91 Å². The molecule has 1 saturated heterocycles. The number of rotatable bonds is 5. The van der Waals surface area contributed by atoms with Crippen LogP contribution >= 0.6 is 0 Å². The number of hydrogen-bond acceptors (Lipinski definition) is 3. The third-order valence-corrected chi connectivity index (χ3v) is 4.17. The number of carbonyl (C=O) groups is 1. The van der Waals surface area contributed by atoms with Gasteiger partial charge in [0.15, 0.2) is 0 Å². The van der Waals surface area contributed by atoms with Crippen LogP contribution in [0, 0.1) is 0 Å². The third-order valence-electron chi connectivity index (χ3n) is 4.17. The summed E-state index contributed by atoms with van der Waals surface area (Å²) < 4.78 is 0. The first-order valence-corrected chi connectivity index (χ1v) is 8.21. The zero-order chi connectivity index (χ0) is 14.9. The zero-order valence-corrected chi connectivity index (χ0v) is 13.1. The van der Waals surface area contributed by atoms with Crippen molar-refractivity contribution in [2.24, 2.45) is 0 Å². The van der Waals surface area contributed by atoms with Gasteiger partial charge in [-0.3, -0.25) is 14.7 Å². The Bertz CT molecular complexity index is 413. The number of aromatic nitrogens is 1. The minimum absolute atomic E-state index is 0.0928. The van der Waals surface area contributed by atoms with Crippen LogP contribution in [-0.4, -0.2) is 35.4 Å². The molecule has 0 spiro atoms. The number of hydrogen-bond donors (Lipinski definition) is 1. The standard InChI is InChI=1S/C17H27N3O/c1-2-16(15-8-10-18-11-9-15)19-17(21)14-20-12-6-4-3-5-7-13-20/h8-11,16H,2-7,12-14H2,1H3,(H,19,21)/t16-/m0/s1. The van der Waals surface area contributed by atoms with Crippen molar-refractivity contribution in [3.05, 3.63) is 30.1 Å². The van der Waals surface area contributed by atoms with Crippen LogP contribution in [0.1, 0.15) is 57.1 Å². The molecular weight excluding hydrogens is 262 g/mol. The molecule has 2 rings (SSSR count). The predicted octanol–water partition coefficient (Wildman–Crippen LogP) is 2.92. The number of pyridine rings is 1. The molecule has 1 amide bonds. The molecule has 0 radical (unpaired) electrons. The SMILES string of the molecule is CC[C@H](NC(=O)CN1CCCCCCC1)c1ccncc1. The Morgan fingerprint density at radius 3 is 2.43 bits per heavy atom. The summed E-state index contributed by atoms with van der Waals surface area (Å²) in [4.78, 5) is 18.6. The Kier molecular flexibility index (Phi) is 6.67. The van der Waals surface area contributed by atoms with Crippen LogP contribution in [0.4, 0.5) is 0 Å². The van der Waals surface area contributed by atoms with Crippen LogP contribution in [0.5, 0.6) is 0 Å². The topological polar surface area (TPSA) is 45.2 Å². The fraction of sp³-hybridized carbons (Fsp3) is 0.647. The summed E-state index contributed by atoms with van der Waals surface area (Å²) in [6.45, 7) is 4.74. The lowest BCUT2D eigenvalue weighted by molar-refractivity contribution is -0.123. The van der Waals surface area contributed by atoms with Crippen molar-refractivity contribution in [1.82, 2.24) is 15.2 Å². The van der Waals surface area contributed by atoms with Gasteiger partial charge in [-0.05, 0) is 50.0 Å². The van der Waals surface area contributed by atoms with E-state index in [9.17, 15) is 4.79 Å².